The summed E-state index contributed by atoms with van der Waals surface area (Å²) in [7, 11) is 0. The largest absolute Gasteiger partial charge is 0.351 e. The lowest BCUT2D eigenvalue weighted by Crippen LogP contribution is -2.11. The number of nitrogens with zero attached hydrogens (tertiary/aromatic N) is 1. The van der Waals surface area contributed by atoms with E-state index in [-0.39, 0.29) is 11.7 Å². The minimum atomic E-state index is -0.269. The first-order valence-corrected chi connectivity index (χ1v) is 7.00. The average molecular weight is 278 g/mol. The molecular formula is C17H14N2O2. The number of aryl methyl sites for hydroxylation is 3. The lowest BCUT2D eigenvalue weighted by molar-refractivity contribution is 0.0988. The van der Waals surface area contributed by atoms with Gasteiger partial charge in [0.05, 0.1) is 5.69 Å². The SMILES string of the molecule is Cc1cc(C(=O)Nc2ccc3c4c(cccc24)CC3)on1. The summed E-state index contributed by atoms with van der Waals surface area (Å²) in [5.41, 5.74) is 4.22. The van der Waals surface area contributed by atoms with Gasteiger partial charge in [0.1, 0.15) is 0 Å². The third-order valence-corrected chi connectivity index (χ3v) is 3.98. The predicted octanol–water partition coefficient (Wildman–Crippen LogP) is 3.49. The van der Waals surface area contributed by atoms with Gasteiger partial charge in [0, 0.05) is 17.1 Å². The van der Waals surface area contributed by atoms with Crippen molar-refractivity contribution in [1.29, 1.82) is 0 Å². The number of carbonyl (C=O) groups is 1. The van der Waals surface area contributed by atoms with Crippen LogP contribution in [-0.4, -0.2) is 11.1 Å². The van der Waals surface area contributed by atoms with Gasteiger partial charge < -0.3 is 9.84 Å². The molecule has 2 aromatic carbocycles. The van der Waals surface area contributed by atoms with Crippen LogP contribution in [0.3, 0.4) is 0 Å². The van der Waals surface area contributed by atoms with Gasteiger partial charge in [0.25, 0.3) is 5.91 Å². The molecule has 0 atom stereocenters. The summed E-state index contributed by atoms with van der Waals surface area (Å²) < 4.78 is 5.01. The second kappa shape index (κ2) is 4.45. The van der Waals surface area contributed by atoms with Crippen LogP contribution >= 0.6 is 0 Å². The van der Waals surface area contributed by atoms with Crippen LogP contribution < -0.4 is 5.32 Å². The fraction of sp³-hybridized carbons (Fsp3) is 0.176. The van der Waals surface area contributed by atoms with Gasteiger partial charge in [0.2, 0.25) is 5.76 Å². The second-order valence-corrected chi connectivity index (χ2v) is 5.40. The summed E-state index contributed by atoms with van der Waals surface area (Å²) in [6, 6.07) is 11.9. The van der Waals surface area contributed by atoms with E-state index in [1.165, 1.54) is 16.5 Å². The number of carbonyl (C=O) groups excluding carboxylic acids is 1. The first-order valence-electron chi connectivity index (χ1n) is 7.00. The van der Waals surface area contributed by atoms with E-state index in [2.05, 4.69) is 28.7 Å². The number of hydrogen-bond acceptors (Lipinski definition) is 3. The molecule has 4 heteroatoms. The van der Waals surface area contributed by atoms with Crippen LogP contribution in [0.4, 0.5) is 5.69 Å². The number of hydrogen-bond donors (Lipinski definition) is 1. The van der Waals surface area contributed by atoms with E-state index >= 15 is 0 Å². The van der Waals surface area contributed by atoms with Crippen molar-refractivity contribution in [2.75, 3.05) is 5.32 Å². The van der Waals surface area contributed by atoms with Gasteiger partial charge in [-0.15, -0.1) is 0 Å². The van der Waals surface area contributed by atoms with Gasteiger partial charge in [-0.3, -0.25) is 4.79 Å². The average Bonchev–Trinajstić information content (AvgIpc) is 3.10. The molecule has 1 heterocycles. The van der Waals surface area contributed by atoms with Crippen LogP contribution in [0.15, 0.2) is 40.9 Å². The molecule has 104 valence electrons. The number of aromatic nitrogens is 1. The topological polar surface area (TPSA) is 55.1 Å². The van der Waals surface area contributed by atoms with Crippen LogP contribution in [0, 0.1) is 6.92 Å². The van der Waals surface area contributed by atoms with E-state index in [1.807, 2.05) is 12.1 Å². The van der Waals surface area contributed by atoms with E-state index in [0.717, 1.165) is 23.9 Å². The first kappa shape index (κ1) is 12.1. The fourth-order valence-corrected chi connectivity index (χ4v) is 3.01. The fourth-order valence-electron chi connectivity index (χ4n) is 3.01. The lowest BCUT2D eigenvalue weighted by Gasteiger charge is -2.09. The molecule has 0 saturated heterocycles. The van der Waals surface area contributed by atoms with E-state index < -0.39 is 0 Å². The van der Waals surface area contributed by atoms with Crippen LogP contribution in [0.2, 0.25) is 0 Å². The van der Waals surface area contributed by atoms with Crippen molar-refractivity contribution in [3.05, 3.63) is 59.0 Å². The predicted molar refractivity (Wildman–Crippen MR) is 80.5 cm³/mol. The summed E-state index contributed by atoms with van der Waals surface area (Å²) >= 11 is 0. The summed E-state index contributed by atoms with van der Waals surface area (Å²) in [6.45, 7) is 1.79. The van der Waals surface area contributed by atoms with Gasteiger partial charge in [-0.05, 0) is 42.3 Å². The Morgan fingerprint density at radius 2 is 2.00 bits per heavy atom. The van der Waals surface area contributed by atoms with Crippen LogP contribution in [-0.2, 0) is 12.8 Å². The van der Waals surface area contributed by atoms with Gasteiger partial charge in [-0.25, -0.2) is 0 Å². The normalized spacial score (nSPS) is 12.8. The summed E-state index contributed by atoms with van der Waals surface area (Å²) in [5.74, 6) is -0.0370. The molecule has 0 fully saturated rings. The summed E-state index contributed by atoms with van der Waals surface area (Å²) in [4.78, 5) is 12.2. The molecule has 1 amide bonds. The second-order valence-electron chi connectivity index (χ2n) is 5.40. The van der Waals surface area contributed by atoms with Gasteiger partial charge in [-0.1, -0.05) is 29.4 Å². The molecule has 0 bridgehead atoms. The third kappa shape index (κ3) is 1.91. The van der Waals surface area contributed by atoms with Crippen molar-refractivity contribution < 1.29 is 9.32 Å². The van der Waals surface area contributed by atoms with Crippen LogP contribution in [0.25, 0.3) is 10.8 Å². The zero-order valence-corrected chi connectivity index (χ0v) is 11.6. The monoisotopic (exact) mass is 278 g/mol. The Morgan fingerprint density at radius 1 is 1.19 bits per heavy atom. The van der Waals surface area contributed by atoms with Crippen molar-refractivity contribution in [3.8, 4) is 0 Å². The van der Waals surface area contributed by atoms with Gasteiger partial charge in [-0.2, -0.15) is 0 Å². The first-order chi connectivity index (χ1) is 10.2. The van der Waals surface area contributed by atoms with E-state index in [1.54, 1.807) is 13.0 Å². The van der Waals surface area contributed by atoms with Crippen molar-refractivity contribution in [1.82, 2.24) is 5.16 Å². The van der Waals surface area contributed by atoms with Crippen molar-refractivity contribution in [2.45, 2.75) is 19.8 Å². The molecule has 1 N–H and O–H groups in total. The summed E-state index contributed by atoms with van der Waals surface area (Å²) in [6.07, 6.45) is 2.15. The molecule has 21 heavy (non-hydrogen) atoms. The Balaban J connectivity index is 1.76. The Hall–Kier alpha value is -2.62. The highest BCUT2D eigenvalue weighted by Crippen LogP contribution is 2.35. The Labute approximate surface area is 121 Å². The highest BCUT2D eigenvalue weighted by Gasteiger charge is 2.18. The van der Waals surface area contributed by atoms with Crippen LogP contribution in [0.1, 0.15) is 27.4 Å². The molecule has 0 radical (unpaired) electrons. The molecule has 1 aromatic heterocycles. The maximum atomic E-state index is 12.2. The highest BCUT2D eigenvalue weighted by molar-refractivity contribution is 6.09. The van der Waals surface area contributed by atoms with Crippen LogP contribution in [0.5, 0.6) is 0 Å². The zero-order chi connectivity index (χ0) is 14.4. The number of anilines is 1. The number of benzene rings is 2. The molecular weight excluding hydrogens is 264 g/mol. The molecule has 3 aromatic rings. The molecule has 1 aliphatic rings. The summed E-state index contributed by atoms with van der Waals surface area (Å²) in [5, 5.41) is 9.04. The Kier molecular flexibility index (Phi) is 2.57. The lowest BCUT2D eigenvalue weighted by atomic mass is 10.0. The zero-order valence-electron chi connectivity index (χ0n) is 11.6. The van der Waals surface area contributed by atoms with Gasteiger partial charge in [0.15, 0.2) is 0 Å². The molecule has 0 saturated carbocycles. The molecule has 0 unspecified atom stereocenters. The quantitative estimate of drug-likeness (QED) is 0.780. The van der Waals surface area contributed by atoms with Gasteiger partial charge >= 0.3 is 0 Å². The highest BCUT2D eigenvalue weighted by atomic mass is 16.5. The Morgan fingerprint density at radius 3 is 2.76 bits per heavy atom. The minimum absolute atomic E-state index is 0.232. The molecule has 4 nitrogen and oxygen atoms in total. The van der Waals surface area contributed by atoms with Crippen molar-refractivity contribution in [3.63, 3.8) is 0 Å². The van der Waals surface area contributed by atoms with Crippen molar-refractivity contribution >= 4 is 22.4 Å². The molecule has 1 aliphatic carbocycles. The number of nitrogens with one attached hydrogen (secondary N) is 1. The maximum absolute atomic E-state index is 12.2. The number of amides is 1. The van der Waals surface area contributed by atoms with E-state index in [4.69, 9.17) is 4.52 Å². The number of rotatable bonds is 2. The van der Waals surface area contributed by atoms with E-state index in [9.17, 15) is 4.79 Å². The third-order valence-electron chi connectivity index (χ3n) is 3.98. The standard InChI is InChI=1S/C17H14N2O2/c1-10-9-15(21-19-10)17(20)18-14-8-7-12-6-5-11-3-2-4-13(14)16(11)12/h2-4,7-9H,5-6H2,1H3,(H,18,20). The Bertz CT molecular complexity index is 854. The minimum Gasteiger partial charge on any atom is -0.351 e. The molecule has 4 rings (SSSR count). The smallest absolute Gasteiger partial charge is 0.294 e. The molecule has 0 aliphatic heterocycles. The van der Waals surface area contributed by atoms with Crippen molar-refractivity contribution in [2.24, 2.45) is 0 Å². The molecule has 0 spiro atoms. The maximum Gasteiger partial charge on any atom is 0.294 e. The van der Waals surface area contributed by atoms with E-state index in [0.29, 0.717) is 5.69 Å².